The normalized spacial score (nSPS) is 12.9. The Kier molecular flexibility index (Phi) is 40.6. The summed E-state index contributed by atoms with van der Waals surface area (Å²) >= 11 is 0. The minimum atomic E-state index is -0.558. The molecule has 0 spiro atoms. The predicted octanol–water partition coefficient (Wildman–Crippen LogP) is 14.0. The van der Waals surface area contributed by atoms with Crippen molar-refractivity contribution < 1.29 is 23.8 Å². The summed E-state index contributed by atoms with van der Waals surface area (Å²) in [5.74, 6) is -0.478. The second kappa shape index (κ2) is 42.8. The Bertz CT molecular complexity index is 957. The molecule has 0 aliphatic heterocycles. The predicted molar refractivity (Wildman–Crippen MR) is 224 cm³/mol. The second-order valence-corrected chi connectivity index (χ2v) is 13.9. The minimum Gasteiger partial charge on any atom is -0.462 e. The summed E-state index contributed by atoms with van der Waals surface area (Å²) in [5, 5.41) is 0. The van der Waals surface area contributed by atoms with E-state index in [2.05, 4.69) is 93.7 Å². The maximum Gasteiger partial charge on any atom is 0.306 e. The van der Waals surface area contributed by atoms with Crippen LogP contribution in [0.5, 0.6) is 0 Å². The molecule has 298 valence electrons. The molecule has 0 rings (SSSR count). The molecule has 5 nitrogen and oxygen atoms in total. The molecule has 0 N–H and O–H groups in total. The van der Waals surface area contributed by atoms with Crippen LogP contribution in [-0.4, -0.2) is 37.9 Å². The van der Waals surface area contributed by atoms with Crippen LogP contribution in [0.15, 0.2) is 72.9 Å². The number of hydrogen-bond donors (Lipinski definition) is 0. The maximum absolute atomic E-state index is 12.6. The van der Waals surface area contributed by atoms with Crippen molar-refractivity contribution in [2.24, 2.45) is 0 Å². The third-order valence-electron chi connectivity index (χ3n) is 8.73. The van der Waals surface area contributed by atoms with Crippen molar-refractivity contribution in [1.29, 1.82) is 0 Å². The summed E-state index contributed by atoms with van der Waals surface area (Å²) in [5.41, 5.74) is 0. The molecule has 0 aliphatic rings. The van der Waals surface area contributed by atoms with Crippen molar-refractivity contribution in [2.75, 3.05) is 19.8 Å². The molecule has 0 amide bonds. The van der Waals surface area contributed by atoms with Gasteiger partial charge in [-0.1, -0.05) is 171 Å². The van der Waals surface area contributed by atoms with Gasteiger partial charge in [-0.05, 0) is 77.0 Å². The Morgan fingerprint density at radius 1 is 0.442 bits per heavy atom. The van der Waals surface area contributed by atoms with Gasteiger partial charge in [0.1, 0.15) is 6.61 Å². The lowest BCUT2D eigenvalue weighted by Crippen LogP contribution is -2.30. The molecule has 0 bridgehead atoms. The van der Waals surface area contributed by atoms with Gasteiger partial charge in [0, 0.05) is 19.4 Å². The van der Waals surface area contributed by atoms with Crippen molar-refractivity contribution in [3.8, 4) is 0 Å². The van der Waals surface area contributed by atoms with Crippen LogP contribution in [0.2, 0.25) is 0 Å². The molecule has 0 saturated heterocycles. The quantitative estimate of drug-likeness (QED) is 0.0360. The fraction of sp³-hybridized carbons (Fsp3) is 0.702. The van der Waals surface area contributed by atoms with E-state index in [1.807, 2.05) is 0 Å². The molecule has 0 aliphatic carbocycles. The Hall–Kier alpha value is -2.66. The summed E-state index contributed by atoms with van der Waals surface area (Å²) in [6.07, 6.45) is 53.4. The van der Waals surface area contributed by atoms with Crippen molar-refractivity contribution in [3.63, 3.8) is 0 Å². The molecule has 52 heavy (non-hydrogen) atoms. The molecule has 0 fully saturated rings. The van der Waals surface area contributed by atoms with E-state index >= 15 is 0 Å². The molecule has 0 aromatic heterocycles. The van der Waals surface area contributed by atoms with Crippen LogP contribution in [0.3, 0.4) is 0 Å². The summed E-state index contributed by atoms with van der Waals surface area (Å²) in [6, 6.07) is 0. The third-order valence-corrected chi connectivity index (χ3v) is 8.73. The third kappa shape index (κ3) is 40.1. The standard InChI is InChI=1S/C47H80O5/c1-4-7-10-13-16-18-20-22-23-24-25-26-27-29-32-34-37-40-46(48)51-44-45(52-47(49)41-38-35-31-15-12-9-6-3)43-50-42-39-36-33-30-28-21-19-17-14-11-8-5-2/h7,10,14,16-18,22-23,25-26,29,32,45H,4-6,8-9,11-13,15,19-21,24,27-28,30-31,33-44H2,1-3H3/b10-7-,17-14-,18-16-,23-22-,26-25-,32-29-. The van der Waals surface area contributed by atoms with Gasteiger partial charge in [0.05, 0.1) is 6.61 Å². The fourth-order valence-corrected chi connectivity index (χ4v) is 5.52. The molecule has 0 heterocycles. The lowest BCUT2D eigenvalue weighted by Gasteiger charge is -2.18. The van der Waals surface area contributed by atoms with Gasteiger partial charge in [0.2, 0.25) is 0 Å². The summed E-state index contributed by atoms with van der Waals surface area (Å²) < 4.78 is 17.2. The summed E-state index contributed by atoms with van der Waals surface area (Å²) in [7, 11) is 0. The van der Waals surface area contributed by atoms with Crippen molar-refractivity contribution in [2.45, 2.75) is 194 Å². The van der Waals surface area contributed by atoms with Gasteiger partial charge >= 0.3 is 11.9 Å². The van der Waals surface area contributed by atoms with E-state index in [-0.39, 0.29) is 25.2 Å². The van der Waals surface area contributed by atoms with E-state index in [9.17, 15) is 9.59 Å². The van der Waals surface area contributed by atoms with Crippen molar-refractivity contribution in [1.82, 2.24) is 0 Å². The van der Waals surface area contributed by atoms with Gasteiger partial charge < -0.3 is 14.2 Å². The van der Waals surface area contributed by atoms with E-state index in [0.717, 1.165) is 77.0 Å². The van der Waals surface area contributed by atoms with Crippen molar-refractivity contribution in [3.05, 3.63) is 72.9 Å². The number of unbranched alkanes of at least 4 members (excludes halogenated alkanes) is 15. The first-order valence-electron chi connectivity index (χ1n) is 21.5. The van der Waals surface area contributed by atoms with E-state index in [4.69, 9.17) is 14.2 Å². The Morgan fingerprint density at radius 2 is 0.904 bits per heavy atom. The zero-order valence-electron chi connectivity index (χ0n) is 34.1. The molecule has 1 atom stereocenters. The lowest BCUT2D eigenvalue weighted by molar-refractivity contribution is -0.163. The molecular weight excluding hydrogens is 645 g/mol. The number of esters is 2. The van der Waals surface area contributed by atoms with Crippen LogP contribution in [0.25, 0.3) is 0 Å². The molecule has 0 radical (unpaired) electrons. The molecule has 0 aromatic rings. The van der Waals surface area contributed by atoms with Gasteiger partial charge in [0.25, 0.3) is 0 Å². The number of hydrogen-bond acceptors (Lipinski definition) is 5. The Morgan fingerprint density at radius 3 is 1.52 bits per heavy atom. The largest absolute Gasteiger partial charge is 0.462 e. The first-order chi connectivity index (χ1) is 25.6. The molecular formula is C47H80O5. The monoisotopic (exact) mass is 725 g/mol. The van der Waals surface area contributed by atoms with Crippen LogP contribution in [0.1, 0.15) is 188 Å². The second-order valence-electron chi connectivity index (χ2n) is 13.9. The SMILES string of the molecule is CC/C=C\C/C=C\C/C=C\C/C=C\C/C=C\CCCC(=O)OCC(COCCCCCCCC/C=C\CCCC)OC(=O)CCCCCCCCC. The first kappa shape index (κ1) is 49.3. The molecule has 5 heteroatoms. The number of carbonyl (C=O) groups is 2. The molecule has 0 saturated carbocycles. The highest BCUT2D eigenvalue weighted by molar-refractivity contribution is 5.70. The smallest absolute Gasteiger partial charge is 0.306 e. The fourth-order valence-electron chi connectivity index (χ4n) is 5.52. The number of ether oxygens (including phenoxy) is 3. The van der Waals surface area contributed by atoms with Gasteiger partial charge in [-0.2, -0.15) is 0 Å². The highest BCUT2D eigenvalue weighted by Crippen LogP contribution is 2.12. The van der Waals surface area contributed by atoms with Crippen LogP contribution in [0, 0.1) is 0 Å². The zero-order valence-corrected chi connectivity index (χ0v) is 34.1. The van der Waals surface area contributed by atoms with E-state index in [1.165, 1.54) is 77.0 Å². The number of rotatable bonds is 38. The minimum absolute atomic E-state index is 0.0517. The van der Waals surface area contributed by atoms with E-state index in [1.54, 1.807) is 0 Å². The van der Waals surface area contributed by atoms with Crippen LogP contribution in [0.4, 0.5) is 0 Å². The Labute approximate surface area is 321 Å². The topological polar surface area (TPSA) is 61.8 Å². The number of allylic oxidation sites excluding steroid dienone is 12. The molecule has 1 unspecified atom stereocenters. The summed E-state index contributed by atoms with van der Waals surface area (Å²) in [4.78, 5) is 25.0. The van der Waals surface area contributed by atoms with Gasteiger partial charge in [-0.15, -0.1) is 0 Å². The highest BCUT2D eigenvalue weighted by atomic mass is 16.6. The van der Waals surface area contributed by atoms with Gasteiger partial charge in [-0.3, -0.25) is 9.59 Å². The van der Waals surface area contributed by atoms with E-state index < -0.39 is 6.10 Å². The van der Waals surface area contributed by atoms with Crippen LogP contribution >= 0.6 is 0 Å². The van der Waals surface area contributed by atoms with Gasteiger partial charge in [0.15, 0.2) is 6.10 Å². The van der Waals surface area contributed by atoms with Gasteiger partial charge in [-0.25, -0.2) is 0 Å². The maximum atomic E-state index is 12.6. The Balaban J connectivity index is 4.28. The highest BCUT2D eigenvalue weighted by Gasteiger charge is 2.17. The molecule has 0 aromatic carbocycles. The average Bonchev–Trinajstić information content (AvgIpc) is 3.14. The van der Waals surface area contributed by atoms with Crippen molar-refractivity contribution >= 4 is 11.9 Å². The van der Waals surface area contributed by atoms with Crippen LogP contribution in [-0.2, 0) is 23.8 Å². The summed E-state index contributed by atoms with van der Waals surface area (Å²) in [6.45, 7) is 7.56. The average molecular weight is 725 g/mol. The lowest BCUT2D eigenvalue weighted by atomic mass is 10.1. The zero-order chi connectivity index (χ0) is 37.8. The van der Waals surface area contributed by atoms with Crippen LogP contribution < -0.4 is 0 Å². The number of carbonyl (C=O) groups excluding carboxylic acids is 2. The first-order valence-corrected chi connectivity index (χ1v) is 21.5. The van der Waals surface area contributed by atoms with E-state index in [0.29, 0.717) is 19.4 Å².